The first-order valence-electron chi connectivity index (χ1n) is 8.43. The Morgan fingerprint density at radius 1 is 1.29 bits per heavy atom. The first kappa shape index (κ1) is 16.4. The number of carbonyl (C=O) groups is 1. The zero-order chi connectivity index (χ0) is 17.3. The lowest BCUT2D eigenvalue weighted by Crippen LogP contribution is -2.34. The molecule has 1 fully saturated rings. The normalized spacial score (nSPS) is 15.3. The molecule has 0 radical (unpaired) electrons. The molecule has 1 aliphatic rings. The Morgan fingerprint density at radius 3 is 2.62 bits per heavy atom. The summed E-state index contributed by atoms with van der Waals surface area (Å²) >= 11 is 0. The highest BCUT2D eigenvalue weighted by Crippen LogP contribution is 2.41. The quantitative estimate of drug-likeness (QED) is 0.887. The smallest absolute Gasteiger partial charge is 0.261 e. The Balaban J connectivity index is 1.85. The average Bonchev–Trinajstić information content (AvgIpc) is 3.37. The number of carbonyl (C=O) groups excluding carboxylic acids is 1. The van der Waals surface area contributed by atoms with Crippen LogP contribution in [0.1, 0.15) is 66.0 Å². The molecule has 24 heavy (non-hydrogen) atoms. The second-order valence-electron chi connectivity index (χ2n) is 6.81. The highest BCUT2D eigenvalue weighted by atomic mass is 16.2. The lowest BCUT2D eigenvalue weighted by Gasteiger charge is -2.19. The fourth-order valence-corrected chi connectivity index (χ4v) is 2.89. The molecular formula is C19H23N3O2. The highest BCUT2D eigenvalue weighted by molar-refractivity contribution is 5.94. The van der Waals surface area contributed by atoms with Crippen LogP contribution in [0.15, 0.2) is 35.3 Å². The van der Waals surface area contributed by atoms with Gasteiger partial charge >= 0.3 is 0 Å². The van der Waals surface area contributed by atoms with E-state index in [1.165, 1.54) is 0 Å². The van der Waals surface area contributed by atoms with Gasteiger partial charge in [0.1, 0.15) is 5.56 Å². The van der Waals surface area contributed by atoms with Gasteiger partial charge in [0, 0.05) is 11.9 Å². The van der Waals surface area contributed by atoms with Crippen LogP contribution in [0.5, 0.6) is 0 Å². The number of amides is 1. The molecule has 2 aromatic rings. The third kappa shape index (κ3) is 3.40. The van der Waals surface area contributed by atoms with Gasteiger partial charge in [0.25, 0.3) is 11.5 Å². The number of rotatable bonds is 5. The summed E-state index contributed by atoms with van der Waals surface area (Å²) in [4.78, 5) is 32.1. The van der Waals surface area contributed by atoms with Crippen molar-refractivity contribution in [2.45, 2.75) is 45.6 Å². The van der Waals surface area contributed by atoms with Gasteiger partial charge in [-0.25, -0.2) is 0 Å². The first-order chi connectivity index (χ1) is 11.5. The molecule has 2 aromatic heterocycles. The summed E-state index contributed by atoms with van der Waals surface area (Å²) in [5, 5.41) is 3.02. The number of aromatic amines is 1. The van der Waals surface area contributed by atoms with Crippen molar-refractivity contribution in [2.75, 3.05) is 0 Å². The Bertz CT molecular complexity index is 806. The van der Waals surface area contributed by atoms with E-state index in [9.17, 15) is 9.59 Å². The number of hydrogen-bond acceptors (Lipinski definition) is 3. The molecule has 2 N–H and O–H groups in total. The molecule has 1 aliphatic carbocycles. The molecule has 5 heteroatoms. The summed E-state index contributed by atoms with van der Waals surface area (Å²) in [5.74, 6) is 0.273. The fourth-order valence-electron chi connectivity index (χ4n) is 2.89. The maximum Gasteiger partial charge on any atom is 0.261 e. The standard InChI is InChI=1S/C19H23N3O2/c1-11(2)15-9-8-14(18(23)21-15)19(24)22-17(13-6-7-13)16-12(3)5-4-10-20-16/h4-5,8-11,13,17H,6-7H2,1-3H3,(H,21,23)(H,22,24)/t17-/m0/s1. The molecule has 1 saturated carbocycles. The topological polar surface area (TPSA) is 74.8 Å². The molecule has 5 nitrogen and oxygen atoms in total. The van der Waals surface area contributed by atoms with Crippen LogP contribution in [0.4, 0.5) is 0 Å². The molecule has 2 heterocycles. The monoisotopic (exact) mass is 325 g/mol. The number of H-pyrrole nitrogens is 1. The Kier molecular flexibility index (Phi) is 4.51. The molecule has 1 amide bonds. The van der Waals surface area contributed by atoms with Crippen molar-refractivity contribution in [2.24, 2.45) is 5.92 Å². The van der Waals surface area contributed by atoms with Gasteiger partial charge in [-0.2, -0.15) is 0 Å². The van der Waals surface area contributed by atoms with Crippen LogP contribution in [0.3, 0.4) is 0 Å². The van der Waals surface area contributed by atoms with Gasteiger partial charge in [-0.1, -0.05) is 19.9 Å². The van der Waals surface area contributed by atoms with Gasteiger partial charge in [0.05, 0.1) is 11.7 Å². The maximum atomic E-state index is 12.6. The summed E-state index contributed by atoms with van der Waals surface area (Å²) in [7, 11) is 0. The van der Waals surface area contributed by atoms with Crippen molar-refractivity contribution < 1.29 is 4.79 Å². The zero-order valence-electron chi connectivity index (χ0n) is 14.3. The van der Waals surface area contributed by atoms with Gasteiger partial charge < -0.3 is 10.3 Å². The second kappa shape index (κ2) is 6.59. The Labute approximate surface area is 141 Å². The van der Waals surface area contributed by atoms with E-state index in [1.807, 2.05) is 32.9 Å². The van der Waals surface area contributed by atoms with E-state index < -0.39 is 0 Å². The van der Waals surface area contributed by atoms with Crippen LogP contribution in [-0.2, 0) is 0 Å². The van der Waals surface area contributed by atoms with Crippen LogP contribution in [0.25, 0.3) is 0 Å². The van der Waals surface area contributed by atoms with Crippen LogP contribution in [0, 0.1) is 12.8 Å². The SMILES string of the molecule is Cc1cccnc1[C@@H](NC(=O)c1ccc(C(C)C)[nH]c1=O)C1CC1. The molecule has 126 valence electrons. The second-order valence-corrected chi connectivity index (χ2v) is 6.81. The number of hydrogen-bond donors (Lipinski definition) is 2. The number of aromatic nitrogens is 2. The fraction of sp³-hybridized carbons (Fsp3) is 0.421. The summed E-state index contributed by atoms with van der Waals surface area (Å²) in [6.45, 7) is 5.99. The molecule has 1 atom stereocenters. The molecule has 0 aliphatic heterocycles. The van der Waals surface area contributed by atoms with E-state index in [-0.39, 0.29) is 29.0 Å². The molecule has 0 saturated heterocycles. The van der Waals surface area contributed by atoms with Gasteiger partial charge in [-0.15, -0.1) is 0 Å². The summed E-state index contributed by atoms with van der Waals surface area (Å²) < 4.78 is 0. The van der Waals surface area contributed by atoms with Crippen molar-refractivity contribution >= 4 is 5.91 Å². The van der Waals surface area contributed by atoms with Gasteiger partial charge in [-0.3, -0.25) is 14.6 Å². The van der Waals surface area contributed by atoms with Crippen molar-refractivity contribution in [1.82, 2.24) is 15.3 Å². The molecule has 0 aromatic carbocycles. The van der Waals surface area contributed by atoms with Crippen LogP contribution in [-0.4, -0.2) is 15.9 Å². The summed E-state index contributed by atoms with van der Waals surface area (Å²) in [6, 6.07) is 7.16. The lowest BCUT2D eigenvalue weighted by atomic mass is 10.0. The Hall–Kier alpha value is -2.43. The van der Waals surface area contributed by atoms with Crippen molar-refractivity contribution in [3.63, 3.8) is 0 Å². The van der Waals surface area contributed by atoms with Crippen molar-refractivity contribution in [1.29, 1.82) is 0 Å². The summed E-state index contributed by atoms with van der Waals surface area (Å²) in [6.07, 6.45) is 3.89. The minimum Gasteiger partial charge on any atom is -0.343 e. The minimum atomic E-state index is -0.342. The van der Waals surface area contributed by atoms with E-state index in [0.717, 1.165) is 29.8 Å². The molecular weight excluding hydrogens is 302 g/mol. The predicted molar refractivity (Wildman–Crippen MR) is 93.1 cm³/mol. The van der Waals surface area contributed by atoms with E-state index in [2.05, 4.69) is 15.3 Å². The third-order valence-electron chi connectivity index (χ3n) is 4.52. The first-order valence-corrected chi connectivity index (χ1v) is 8.43. The Morgan fingerprint density at radius 2 is 2.04 bits per heavy atom. The number of aryl methyl sites for hydroxylation is 1. The minimum absolute atomic E-state index is 0.136. The zero-order valence-corrected chi connectivity index (χ0v) is 14.3. The highest BCUT2D eigenvalue weighted by Gasteiger charge is 2.35. The van der Waals surface area contributed by atoms with Crippen LogP contribution >= 0.6 is 0 Å². The van der Waals surface area contributed by atoms with Gasteiger partial charge in [0.15, 0.2) is 0 Å². The van der Waals surface area contributed by atoms with E-state index in [0.29, 0.717) is 5.92 Å². The van der Waals surface area contributed by atoms with Gasteiger partial charge in [0.2, 0.25) is 0 Å². The number of nitrogens with zero attached hydrogens (tertiary/aromatic N) is 1. The average molecular weight is 325 g/mol. The van der Waals surface area contributed by atoms with Gasteiger partial charge in [-0.05, 0) is 55.4 Å². The molecule has 0 bridgehead atoms. The van der Waals surface area contributed by atoms with Crippen molar-refractivity contribution in [3.8, 4) is 0 Å². The largest absolute Gasteiger partial charge is 0.343 e. The number of nitrogens with one attached hydrogen (secondary N) is 2. The maximum absolute atomic E-state index is 12.6. The molecule has 0 spiro atoms. The summed E-state index contributed by atoms with van der Waals surface area (Å²) in [5.41, 5.74) is 2.59. The lowest BCUT2D eigenvalue weighted by molar-refractivity contribution is 0.0929. The van der Waals surface area contributed by atoms with E-state index in [4.69, 9.17) is 0 Å². The molecule has 0 unspecified atom stereocenters. The van der Waals surface area contributed by atoms with Crippen LogP contribution in [0.2, 0.25) is 0 Å². The molecule has 3 rings (SSSR count). The van der Waals surface area contributed by atoms with Crippen molar-refractivity contribution in [3.05, 3.63) is 63.3 Å². The van der Waals surface area contributed by atoms with E-state index >= 15 is 0 Å². The van der Waals surface area contributed by atoms with E-state index in [1.54, 1.807) is 18.3 Å². The predicted octanol–water partition coefficient (Wildman–Crippen LogP) is 3.08. The third-order valence-corrected chi connectivity index (χ3v) is 4.52. The number of pyridine rings is 2. The van der Waals surface area contributed by atoms with Crippen LogP contribution < -0.4 is 10.9 Å².